The smallest absolute Gasteiger partial charge is 0.145 e. The van der Waals surface area contributed by atoms with Crippen molar-refractivity contribution in [3.05, 3.63) is 83.3 Å². The van der Waals surface area contributed by atoms with Crippen LogP contribution in [0.1, 0.15) is 22.6 Å². The molecular weight excluding hydrogens is 284 g/mol. The van der Waals surface area contributed by atoms with E-state index in [9.17, 15) is 0 Å². The second-order valence-corrected chi connectivity index (χ2v) is 5.43. The van der Waals surface area contributed by atoms with Crippen molar-refractivity contribution in [3.8, 4) is 0 Å². The van der Waals surface area contributed by atoms with Crippen molar-refractivity contribution in [2.75, 3.05) is 0 Å². The van der Waals surface area contributed by atoms with Gasteiger partial charge in [0.05, 0.1) is 23.8 Å². The summed E-state index contributed by atoms with van der Waals surface area (Å²) in [5.74, 6) is 1.41. The van der Waals surface area contributed by atoms with E-state index in [4.69, 9.17) is 4.42 Å². The highest BCUT2D eigenvalue weighted by Gasteiger charge is 1.97. The fourth-order valence-electron chi connectivity index (χ4n) is 2.05. The van der Waals surface area contributed by atoms with E-state index in [0.29, 0.717) is 11.5 Å². The Labute approximate surface area is 136 Å². The number of furan rings is 1. The summed E-state index contributed by atoms with van der Waals surface area (Å²) in [5, 5.41) is 0. The van der Waals surface area contributed by atoms with Gasteiger partial charge in [-0.25, -0.2) is 0 Å². The first-order chi connectivity index (χ1) is 11.2. The molecule has 0 saturated heterocycles. The van der Waals surface area contributed by atoms with Crippen LogP contribution in [-0.2, 0) is 0 Å². The average Bonchev–Trinajstić information content (AvgIpc) is 3.02. The third-order valence-electron chi connectivity index (χ3n) is 3.40. The van der Waals surface area contributed by atoms with Gasteiger partial charge >= 0.3 is 0 Å². The van der Waals surface area contributed by atoms with E-state index < -0.39 is 0 Å². The monoisotopic (exact) mass is 302 g/mol. The quantitative estimate of drug-likeness (QED) is 0.595. The maximum Gasteiger partial charge on any atom is 0.145 e. The minimum Gasteiger partial charge on any atom is -0.454 e. The Bertz CT molecular complexity index is 755. The Balaban J connectivity index is 1.68. The van der Waals surface area contributed by atoms with Crippen LogP contribution in [0.15, 0.2) is 75.1 Å². The molecule has 0 aliphatic rings. The summed E-state index contributed by atoms with van der Waals surface area (Å²) < 4.78 is 5.68. The average molecular weight is 302 g/mol. The normalized spacial score (nSPS) is 11.6. The highest BCUT2D eigenvalue weighted by atomic mass is 16.3. The topological polar surface area (TPSA) is 37.9 Å². The summed E-state index contributed by atoms with van der Waals surface area (Å²) in [5.41, 5.74) is 4.25. The lowest BCUT2D eigenvalue weighted by Gasteiger charge is -1.94. The van der Waals surface area contributed by atoms with Gasteiger partial charge in [-0.3, -0.25) is 9.98 Å². The Morgan fingerprint density at radius 3 is 1.39 bits per heavy atom. The zero-order valence-corrected chi connectivity index (χ0v) is 13.2. The van der Waals surface area contributed by atoms with Gasteiger partial charge in [-0.15, -0.1) is 0 Å². The van der Waals surface area contributed by atoms with Crippen LogP contribution in [0.5, 0.6) is 0 Å². The molecule has 0 amide bonds. The zero-order chi connectivity index (χ0) is 16.1. The molecule has 2 aromatic carbocycles. The van der Waals surface area contributed by atoms with Crippen molar-refractivity contribution in [1.29, 1.82) is 0 Å². The largest absolute Gasteiger partial charge is 0.454 e. The lowest BCUT2D eigenvalue weighted by atomic mass is 10.2. The van der Waals surface area contributed by atoms with Gasteiger partial charge in [-0.05, 0) is 50.2 Å². The molecule has 23 heavy (non-hydrogen) atoms. The number of benzene rings is 2. The molecule has 3 aromatic rings. The summed E-state index contributed by atoms with van der Waals surface area (Å²) in [6.45, 7) is 4.11. The van der Waals surface area contributed by atoms with Crippen molar-refractivity contribution < 1.29 is 4.42 Å². The summed E-state index contributed by atoms with van der Waals surface area (Å²) in [7, 11) is 0. The van der Waals surface area contributed by atoms with Gasteiger partial charge in [0.1, 0.15) is 11.5 Å². The molecule has 1 heterocycles. The van der Waals surface area contributed by atoms with Gasteiger partial charge in [0.15, 0.2) is 0 Å². The van der Waals surface area contributed by atoms with Crippen molar-refractivity contribution >= 4 is 23.8 Å². The molecule has 0 aliphatic carbocycles. The second-order valence-electron chi connectivity index (χ2n) is 5.43. The summed E-state index contributed by atoms with van der Waals surface area (Å²) in [4.78, 5) is 8.79. The Kier molecular flexibility index (Phi) is 4.48. The number of hydrogen-bond donors (Lipinski definition) is 0. The van der Waals surface area contributed by atoms with Crippen molar-refractivity contribution in [1.82, 2.24) is 0 Å². The van der Waals surface area contributed by atoms with Crippen LogP contribution >= 0.6 is 0 Å². The maximum absolute atomic E-state index is 5.68. The molecule has 3 nitrogen and oxygen atoms in total. The first-order valence-corrected chi connectivity index (χ1v) is 7.50. The Hall–Kier alpha value is -2.94. The molecule has 0 atom stereocenters. The number of aliphatic imine (C=N–C) groups is 2. The SMILES string of the molecule is Cc1ccc(N=Cc2ccc(C=Nc3ccc(C)cc3)o2)cc1. The number of nitrogens with zero attached hydrogens (tertiary/aromatic N) is 2. The van der Waals surface area contributed by atoms with E-state index >= 15 is 0 Å². The van der Waals surface area contributed by atoms with Crippen molar-refractivity contribution in [2.45, 2.75) is 13.8 Å². The number of aryl methyl sites for hydroxylation is 2. The highest BCUT2D eigenvalue weighted by molar-refractivity contribution is 5.83. The van der Waals surface area contributed by atoms with Crippen molar-refractivity contribution in [3.63, 3.8) is 0 Å². The standard InChI is InChI=1S/C20H18N2O/c1-15-3-7-17(8-4-15)21-13-19-11-12-20(23-19)14-22-18-9-5-16(2)6-10-18/h3-14H,1-2H3. The molecule has 0 bridgehead atoms. The molecule has 3 rings (SSSR count). The van der Waals surface area contributed by atoms with Gasteiger partial charge < -0.3 is 4.42 Å². The third kappa shape index (κ3) is 4.27. The molecule has 114 valence electrons. The molecule has 0 saturated carbocycles. The van der Waals surface area contributed by atoms with Crippen LogP contribution in [0.3, 0.4) is 0 Å². The molecule has 0 aliphatic heterocycles. The van der Waals surface area contributed by atoms with E-state index in [2.05, 4.69) is 23.8 Å². The fraction of sp³-hybridized carbons (Fsp3) is 0.100. The molecule has 0 spiro atoms. The van der Waals surface area contributed by atoms with Crippen LogP contribution in [0.4, 0.5) is 11.4 Å². The summed E-state index contributed by atoms with van der Waals surface area (Å²) in [6, 6.07) is 19.8. The van der Waals surface area contributed by atoms with Crippen LogP contribution in [0.25, 0.3) is 0 Å². The van der Waals surface area contributed by atoms with Gasteiger partial charge in [-0.2, -0.15) is 0 Å². The minimum absolute atomic E-state index is 0.705. The predicted molar refractivity (Wildman–Crippen MR) is 95.6 cm³/mol. The summed E-state index contributed by atoms with van der Waals surface area (Å²) in [6.07, 6.45) is 3.43. The zero-order valence-electron chi connectivity index (χ0n) is 13.2. The minimum atomic E-state index is 0.705. The number of rotatable bonds is 4. The Morgan fingerprint density at radius 2 is 1.00 bits per heavy atom. The molecule has 0 radical (unpaired) electrons. The first kappa shape index (κ1) is 15.0. The van der Waals surface area contributed by atoms with E-state index in [-0.39, 0.29) is 0 Å². The predicted octanol–water partition coefficient (Wildman–Crippen LogP) is 5.40. The van der Waals surface area contributed by atoms with Crippen LogP contribution < -0.4 is 0 Å². The van der Waals surface area contributed by atoms with Gasteiger partial charge in [0, 0.05) is 0 Å². The van der Waals surface area contributed by atoms with E-state index in [1.165, 1.54) is 11.1 Å². The molecule has 0 unspecified atom stereocenters. The first-order valence-electron chi connectivity index (χ1n) is 7.50. The molecular formula is C20H18N2O. The molecule has 0 fully saturated rings. The number of hydrogen-bond acceptors (Lipinski definition) is 3. The molecule has 3 heteroatoms. The van der Waals surface area contributed by atoms with Crippen LogP contribution in [0.2, 0.25) is 0 Å². The van der Waals surface area contributed by atoms with Gasteiger partial charge in [0.25, 0.3) is 0 Å². The van der Waals surface area contributed by atoms with E-state index in [0.717, 1.165) is 11.4 Å². The van der Waals surface area contributed by atoms with Gasteiger partial charge in [0.2, 0.25) is 0 Å². The highest BCUT2D eigenvalue weighted by Crippen LogP contribution is 2.15. The maximum atomic E-state index is 5.68. The molecule has 1 aromatic heterocycles. The van der Waals surface area contributed by atoms with E-state index in [1.807, 2.05) is 60.7 Å². The van der Waals surface area contributed by atoms with Crippen LogP contribution in [0, 0.1) is 13.8 Å². The fourth-order valence-corrected chi connectivity index (χ4v) is 2.05. The summed E-state index contributed by atoms with van der Waals surface area (Å²) >= 11 is 0. The van der Waals surface area contributed by atoms with Gasteiger partial charge in [-0.1, -0.05) is 35.4 Å². The third-order valence-corrected chi connectivity index (χ3v) is 3.40. The lowest BCUT2D eigenvalue weighted by molar-refractivity contribution is 0.553. The lowest BCUT2D eigenvalue weighted by Crippen LogP contribution is -1.77. The van der Waals surface area contributed by atoms with Crippen LogP contribution in [-0.4, -0.2) is 12.4 Å². The van der Waals surface area contributed by atoms with Crippen molar-refractivity contribution in [2.24, 2.45) is 9.98 Å². The second kappa shape index (κ2) is 6.88. The Morgan fingerprint density at radius 1 is 0.609 bits per heavy atom. The van der Waals surface area contributed by atoms with E-state index in [1.54, 1.807) is 12.4 Å². The molecule has 0 N–H and O–H groups in total.